The van der Waals surface area contributed by atoms with E-state index in [0.717, 1.165) is 17.7 Å². The van der Waals surface area contributed by atoms with Gasteiger partial charge in [-0.15, -0.1) is 0 Å². The highest BCUT2D eigenvalue weighted by atomic mass is 35.5. The van der Waals surface area contributed by atoms with Crippen LogP contribution in [0.4, 0.5) is 5.69 Å². The van der Waals surface area contributed by atoms with Gasteiger partial charge in [0.15, 0.2) is 5.17 Å². The van der Waals surface area contributed by atoms with Crippen molar-refractivity contribution < 1.29 is 13.9 Å². The second kappa shape index (κ2) is 10.1. The molecular formula is C25H23ClN2O3S. The molecule has 2 aromatic carbocycles. The zero-order chi connectivity index (χ0) is 22.5. The highest BCUT2D eigenvalue weighted by Gasteiger charge is 2.34. The molecule has 4 rings (SSSR count). The molecule has 0 bridgehead atoms. The van der Waals surface area contributed by atoms with Crippen LogP contribution in [0.2, 0.25) is 5.02 Å². The molecule has 0 radical (unpaired) electrons. The van der Waals surface area contributed by atoms with Crippen LogP contribution in [0, 0.1) is 0 Å². The first-order valence-electron chi connectivity index (χ1n) is 10.4. The first-order chi connectivity index (χ1) is 15.5. The lowest BCUT2D eigenvalue weighted by atomic mass is 10.2. The van der Waals surface area contributed by atoms with Crippen molar-refractivity contribution in [3.05, 3.63) is 88.2 Å². The van der Waals surface area contributed by atoms with Gasteiger partial charge >= 0.3 is 0 Å². The average molecular weight is 467 g/mol. The van der Waals surface area contributed by atoms with Crippen molar-refractivity contribution in [1.29, 1.82) is 0 Å². The van der Waals surface area contributed by atoms with E-state index >= 15 is 0 Å². The Hall–Kier alpha value is -2.96. The number of carbonyl (C=O) groups excluding carboxylic acids is 1. The molecule has 7 heteroatoms. The maximum atomic E-state index is 13.2. The molecule has 1 aliphatic heterocycles. The molecular weight excluding hydrogens is 444 g/mol. The third kappa shape index (κ3) is 5.26. The Morgan fingerprint density at radius 1 is 1.19 bits per heavy atom. The van der Waals surface area contributed by atoms with E-state index in [4.69, 9.17) is 25.7 Å². The van der Waals surface area contributed by atoms with Gasteiger partial charge in [-0.25, -0.2) is 4.99 Å². The van der Waals surface area contributed by atoms with Gasteiger partial charge in [-0.3, -0.25) is 9.69 Å². The zero-order valence-electron chi connectivity index (χ0n) is 17.8. The summed E-state index contributed by atoms with van der Waals surface area (Å²) >= 11 is 7.75. The Bertz CT molecular complexity index is 1140. The Kier molecular flexibility index (Phi) is 7.02. The topological polar surface area (TPSA) is 55.0 Å². The highest BCUT2D eigenvalue weighted by molar-refractivity contribution is 8.18. The lowest BCUT2D eigenvalue weighted by molar-refractivity contribution is -0.122. The molecule has 0 aliphatic carbocycles. The number of hydrogen-bond acceptors (Lipinski definition) is 5. The summed E-state index contributed by atoms with van der Waals surface area (Å²) in [5.74, 6) is 1.20. The monoisotopic (exact) mass is 466 g/mol. The third-order valence-corrected chi connectivity index (χ3v) is 6.22. The Morgan fingerprint density at radius 3 is 2.69 bits per heavy atom. The number of aliphatic imine (C=N–C) groups is 1. The molecule has 1 aliphatic rings. The number of benzene rings is 2. The summed E-state index contributed by atoms with van der Waals surface area (Å²) in [6, 6.07) is 18.8. The molecule has 0 N–H and O–H groups in total. The van der Waals surface area contributed by atoms with Gasteiger partial charge in [0.1, 0.15) is 11.5 Å². The summed E-state index contributed by atoms with van der Waals surface area (Å²) in [6.45, 7) is 4.37. The number of nitrogens with zero attached hydrogens (tertiary/aromatic N) is 2. The van der Waals surface area contributed by atoms with Gasteiger partial charge in [0.05, 0.1) is 34.5 Å². The Balaban J connectivity index is 1.63. The number of halogens is 1. The number of furan rings is 1. The van der Waals surface area contributed by atoms with Crippen molar-refractivity contribution in [2.75, 3.05) is 0 Å². The van der Waals surface area contributed by atoms with Crippen LogP contribution in [0.3, 0.4) is 0 Å². The first kappa shape index (κ1) is 22.2. The Labute approximate surface area is 196 Å². The predicted molar refractivity (Wildman–Crippen MR) is 130 cm³/mol. The molecule has 1 fully saturated rings. The minimum absolute atomic E-state index is 0.0792. The van der Waals surface area contributed by atoms with E-state index in [0.29, 0.717) is 33.1 Å². The summed E-state index contributed by atoms with van der Waals surface area (Å²) in [7, 11) is 0. The van der Waals surface area contributed by atoms with Crippen molar-refractivity contribution >= 4 is 46.2 Å². The smallest absolute Gasteiger partial charge is 0.267 e. The van der Waals surface area contributed by atoms with Gasteiger partial charge < -0.3 is 9.15 Å². The largest absolute Gasteiger partial charge is 0.489 e. The van der Waals surface area contributed by atoms with Gasteiger partial charge in [-0.05, 0) is 73.1 Å². The maximum Gasteiger partial charge on any atom is 0.267 e. The standard InChI is InChI=1S/C25H23ClN2O3S/c1-3-17(2)31-22-12-11-18(14-21(22)26)15-23-24(29)28(16-20-10-7-13-30-20)25(32-23)27-19-8-5-4-6-9-19/h4-15,17H,3,16H2,1-2H3/b23-15+,27-25?/t17-/m0/s1. The predicted octanol–water partition coefficient (Wildman–Crippen LogP) is 6.91. The maximum absolute atomic E-state index is 13.2. The summed E-state index contributed by atoms with van der Waals surface area (Å²) in [4.78, 5) is 20.1. The summed E-state index contributed by atoms with van der Waals surface area (Å²) in [6.07, 6.45) is 4.39. The van der Waals surface area contributed by atoms with E-state index in [1.165, 1.54) is 11.8 Å². The van der Waals surface area contributed by atoms with E-state index < -0.39 is 0 Å². The van der Waals surface area contributed by atoms with E-state index in [2.05, 4.69) is 6.92 Å². The van der Waals surface area contributed by atoms with Crippen LogP contribution in [0.25, 0.3) is 6.08 Å². The number of thioether (sulfide) groups is 1. The van der Waals surface area contributed by atoms with Crippen molar-refractivity contribution in [1.82, 2.24) is 4.90 Å². The number of amides is 1. The van der Waals surface area contributed by atoms with E-state index in [1.54, 1.807) is 17.2 Å². The fraction of sp³-hybridized carbons (Fsp3) is 0.200. The minimum atomic E-state index is -0.128. The average Bonchev–Trinajstić information content (AvgIpc) is 3.41. The molecule has 2 heterocycles. The Morgan fingerprint density at radius 2 is 2.00 bits per heavy atom. The summed E-state index contributed by atoms with van der Waals surface area (Å²) < 4.78 is 11.3. The number of para-hydroxylation sites is 1. The molecule has 32 heavy (non-hydrogen) atoms. The van der Waals surface area contributed by atoms with Gasteiger partial charge in [0.2, 0.25) is 0 Å². The lowest BCUT2D eigenvalue weighted by Gasteiger charge is -2.14. The van der Waals surface area contributed by atoms with E-state index in [-0.39, 0.29) is 12.0 Å². The summed E-state index contributed by atoms with van der Waals surface area (Å²) in [5.41, 5.74) is 1.60. The van der Waals surface area contributed by atoms with Gasteiger partial charge in [-0.2, -0.15) is 0 Å². The third-order valence-electron chi connectivity index (χ3n) is 4.92. The van der Waals surface area contributed by atoms with Crippen molar-refractivity contribution in [2.45, 2.75) is 32.9 Å². The van der Waals surface area contributed by atoms with Crippen LogP contribution in [-0.4, -0.2) is 22.1 Å². The first-order valence-corrected chi connectivity index (χ1v) is 11.6. The van der Waals surface area contributed by atoms with Crippen molar-refractivity contribution in [2.24, 2.45) is 4.99 Å². The van der Waals surface area contributed by atoms with Crippen LogP contribution in [0.1, 0.15) is 31.6 Å². The van der Waals surface area contributed by atoms with Gasteiger partial charge in [0.25, 0.3) is 5.91 Å². The molecule has 0 spiro atoms. The number of rotatable bonds is 7. The van der Waals surface area contributed by atoms with Crippen LogP contribution in [0.15, 0.2) is 81.2 Å². The fourth-order valence-electron chi connectivity index (χ4n) is 3.06. The quantitative estimate of drug-likeness (QED) is 0.355. The van der Waals surface area contributed by atoms with Gasteiger partial charge in [-0.1, -0.05) is 42.8 Å². The second-order valence-corrected chi connectivity index (χ2v) is 8.75. The van der Waals surface area contributed by atoms with Crippen LogP contribution in [0.5, 0.6) is 5.75 Å². The highest BCUT2D eigenvalue weighted by Crippen LogP contribution is 2.36. The molecule has 1 amide bonds. The normalized spacial score (nSPS) is 17.3. The number of carbonyl (C=O) groups is 1. The molecule has 1 saturated heterocycles. The van der Waals surface area contributed by atoms with Crippen molar-refractivity contribution in [3.8, 4) is 5.75 Å². The molecule has 1 aromatic heterocycles. The van der Waals surface area contributed by atoms with E-state index in [9.17, 15) is 4.79 Å². The molecule has 164 valence electrons. The van der Waals surface area contributed by atoms with E-state index in [1.807, 2.05) is 67.6 Å². The fourth-order valence-corrected chi connectivity index (χ4v) is 4.29. The minimum Gasteiger partial charge on any atom is -0.489 e. The molecule has 5 nitrogen and oxygen atoms in total. The SMILES string of the molecule is CC[C@H](C)Oc1ccc(/C=C2/SC(=Nc3ccccc3)N(Cc3ccco3)C2=O)cc1Cl. The number of amidine groups is 1. The molecule has 0 saturated carbocycles. The van der Waals surface area contributed by atoms with Gasteiger partial charge in [0, 0.05) is 0 Å². The molecule has 1 atom stereocenters. The number of ether oxygens (including phenoxy) is 1. The molecule has 3 aromatic rings. The van der Waals surface area contributed by atoms with Crippen molar-refractivity contribution in [3.63, 3.8) is 0 Å². The summed E-state index contributed by atoms with van der Waals surface area (Å²) in [5, 5.41) is 1.12. The zero-order valence-corrected chi connectivity index (χ0v) is 19.4. The van der Waals surface area contributed by atoms with Crippen LogP contribution < -0.4 is 4.74 Å². The van der Waals surface area contributed by atoms with Crippen LogP contribution in [-0.2, 0) is 11.3 Å². The number of hydrogen-bond donors (Lipinski definition) is 0. The second-order valence-electron chi connectivity index (χ2n) is 7.34. The molecule has 0 unspecified atom stereocenters. The lowest BCUT2D eigenvalue weighted by Crippen LogP contribution is -2.28. The van der Waals surface area contributed by atoms with Crippen LogP contribution >= 0.6 is 23.4 Å².